The van der Waals surface area contributed by atoms with Crippen LogP contribution in [0.2, 0.25) is 0 Å². The maximum absolute atomic E-state index is 13.3. The van der Waals surface area contributed by atoms with Crippen LogP contribution in [0.4, 0.5) is 0 Å². The molecule has 0 spiro atoms. The molecule has 2 N–H and O–H groups in total. The van der Waals surface area contributed by atoms with Gasteiger partial charge in [-0.25, -0.2) is 8.42 Å². The number of esters is 1. The van der Waals surface area contributed by atoms with E-state index in [4.69, 9.17) is 4.74 Å². The van der Waals surface area contributed by atoms with Gasteiger partial charge in [0, 0.05) is 37.1 Å². The summed E-state index contributed by atoms with van der Waals surface area (Å²) in [6.45, 7) is 25.9. The molecule has 1 saturated heterocycles. The van der Waals surface area contributed by atoms with E-state index in [1.165, 1.54) is 50.5 Å². The molecule has 5 aliphatic carbocycles. The Balaban J connectivity index is 1.21. The highest BCUT2D eigenvalue weighted by Gasteiger charge is 2.71. The van der Waals surface area contributed by atoms with Crippen LogP contribution in [0.5, 0.6) is 0 Å². The summed E-state index contributed by atoms with van der Waals surface area (Å²) < 4.78 is 30.3. The second kappa shape index (κ2) is 12.8. The van der Waals surface area contributed by atoms with Gasteiger partial charge in [0.15, 0.2) is 9.84 Å². The second-order valence-electron chi connectivity index (χ2n) is 20.0. The maximum Gasteiger partial charge on any atom is 0.312 e. The quantitative estimate of drug-likeness (QED) is 0.192. The van der Waals surface area contributed by atoms with E-state index >= 15 is 0 Å². The zero-order chi connectivity index (χ0) is 36.7. The van der Waals surface area contributed by atoms with E-state index in [2.05, 4.69) is 58.3 Å². The fraction of sp³-hybridized carbons (Fsp3) is 0.902. The molecule has 6 fully saturated rings. The van der Waals surface area contributed by atoms with E-state index in [-0.39, 0.29) is 57.2 Å². The van der Waals surface area contributed by atoms with Crippen LogP contribution in [0.15, 0.2) is 12.2 Å². The summed E-state index contributed by atoms with van der Waals surface area (Å²) in [5.41, 5.74) is 0.825. The van der Waals surface area contributed by atoms with Gasteiger partial charge in [-0.3, -0.25) is 9.59 Å². The summed E-state index contributed by atoms with van der Waals surface area (Å²) in [5.74, 6) is 1.99. The van der Waals surface area contributed by atoms with Crippen LogP contribution in [0, 0.1) is 56.7 Å². The third-order valence-electron chi connectivity index (χ3n) is 16.7. The average molecular weight is 717 g/mol. The first kappa shape index (κ1) is 38.3. The standard InChI is InChI=1S/C41H68N2O6S/c1-27(2)28-12-17-41(42-20-21-43-22-24-50(47,48)25-23-43)19-18-39(8)29(34(28)41)10-11-31-38(7)15-14-32(49-35(46)36(3,4)26-33(44)45)37(5,6)30(38)13-16-40(31,39)9/h28-32,34,42H,1,10-26H2,2-9H3,(H,44,45). The highest BCUT2D eigenvalue weighted by atomic mass is 32.2. The number of nitrogens with zero attached hydrogens (tertiary/aromatic N) is 1. The molecule has 0 aromatic carbocycles. The van der Waals surface area contributed by atoms with Crippen molar-refractivity contribution in [1.29, 1.82) is 0 Å². The van der Waals surface area contributed by atoms with Gasteiger partial charge in [-0.15, -0.1) is 0 Å². The number of fused-ring (bicyclic) bond motifs is 7. The maximum atomic E-state index is 13.3. The van der Waals surface area contributed by atoms with Crippen molar-refractivity contribution in [1.82, 2.24) is 10.2 Å². The molecule has 50 heavy (non-hydrogen) atoms. The number of aliphatic carboxylic acids is 1. The zero-order valence-electron chi connectivity index (χ0n) is 32.5. The molecule has 0 radical (unpaired) electrons. The number of carboxylic acids is 1. The third kappa shape index (κ3) is 6.13. The number of carboxylic acid groups (broad SMARTS) is 1. The number of allylic oxidation sites excluding steroid dienone is 1. The van der Waals surface area contributed by atoms with Crippen LogP contribution < -0.4 is 5.32 Å². The van der Waals surface area contributed by atoms with E-state index < -0.39 is 21.2 Å². The Labute approximate surface area is 303 Å². The number of ether oxygens (including phenoxy) is 1. The van der Waals surface area contributed by atoms with Crippen LogP contribution in [0.1, 0.15) is 126 Å². The smallest absolute Gasteiger partial charge is 0.312 e. The van der Waals surface area contributed by atoms with Crippen LogP contribution in [0.3, 0.4) is 0 Å². The molecule has 8 nitrogen and oxygen atoms in total. The Morgan fingerprint density at radius 3 is 2.22 bits per heavy atom. The number of hydrogen-bond acceptors (Lipinski definition) is 7. The number of sulfone groups is 1. The lowest BCUT2D eigenvalue weighted by atomic mass is 9.32. The first-order valence-electron chi connectivity index (χ1n) is 19.9. The minimum Gasteiger partial charge on any atom is -0.481 e. The molecular formula is C41H68N2O6S. The van der Waals surface area contributed by atoms with Gasteiger partial charge in [0.1, 0.15) is 6.10 Å². The first-order valence-corrected chi connectivity index (χ1v) is 21.7. The minimum atomic E-state index is -2.87. The highest BCUT2D eigenvalue weighted by Crippen LogP contribution is 2.76. The van der Waals surface area contributed by atoms with E-state index in [0.29, 0.717) is 42.7 Å². The van der Waals surface area contributed by atoms with Gasteiger partial charge in [-0.05, 0) is 131 Å². The van der Waals surface area contributed by atoms with Crippen molar-refractivity contribution < 1.29 is 27.9 Å². The molecule has 1 heterocycles. The Morgan fingerprint density at radius 2 is 1.58 bits per heavy atom. The van der Waals surface area contributed by atoms with Gasteiger partial charge in [0.05, 0.1) is 23.3 Å². The van der Waals surface area contributed by atoms with Crippen molar-refractivity contribution in [3.63, 3.8) is 0 Å². The lowest BCUT2D eigenvalue weighted by molar-refractivity contribution is -0.247. The van der Waals surface area contributed by atoms with Gasteiger partial charge in [-0.1, -0.05) is 46.8 Å². The zero-order valence-corrected chi connectivity index (χ0v) is 33.4. The van der Waals surface area contributed by atoms with E-state index in [1.54, 1.807) is 13.8 Å². The first-order chi connectivity index (χ1) is 23.1. The Bertz CT molecular complexity index is 1460. The van der Waals surface area contributed by atoms with Gasteiger partial charge < -0.3 is 20.1 Å². The predicted molar refractivity (Wildman–Crippen MR) is 198 cm³/mol. The van der Waals surface area contributed by atoms with E-state index in [0.717, 1.165) is 32.4 Å². The number of nitrogens with one attached hydrogen (secondary N) is 1. The third-order valence-corrected chi connectivity index (χ3v) is 18.4. The minimum absolute atomic E-state index is 0.123. The number of carbonyl (C=O) groups excluding carboxylic acids is 1. The van der Waals surface area contributed by atoms with Gasteiger partial charge in [0.2, 0.25) is 0 Å². The van der Waals surface area contributed by atoms with Crippen molar-refractivity contribution in [3.8, 4) is 0 Å². The number of hydrogen-bond donors (Lipinski definition) is 2. The van der Waals surface area contributed by atoms with Crippen molar-refractivity contribution in [2.24, 2.45) is 56.7 Å². The van der Waals surface area contributed by atoms with Crippen molar-refractivity contribution in [2.45, 2.75) is 138 Å². The summed E-state index contributed by atoms with van der Waals surface area (Å²) in [5, 5.41) is 13.6. The summed E-state index contributed by atoms with van der Waals surface area (Å²) in [4.78, 5) is 27.1. The van der Waals surface area contributed by atoms with Gasteiger partial charge in [0.25, 0.3) is 0 Å². The largest absolute Gasteiger partial charge is 0.481 e. The number of carbonyl (C=O) groups is 2. The van der Waals surface area contributed by atoms with Crippen LogP contribution in [0.25, 0.3) is 0 Å². The van der Waals surface area contributed by atoms with Crippen LogP contribution >= 0.6 is 0 Å². The highest BCUT2D eigenvalue weighted by molar-refractivity contribution is 7.91. The lowest BCUT2D eigenvalue weighted by Gasteiger charge is -2.73. The molecule has 10 unspecified atom stereocenters. The van der Waals surface area contributed by atoms with Crippen molar-refractivity contribution >= 4 is 21.8 Å². The lowest BCUT2D eigenvalue weighted by Crippen LogP contribution is -2.69. The van der Waals surface area contributed by atoms with E-state index in [1.807, 2.05) is 0 Å². The molecule has 284 valence electrons. The molecule has 9 heteroatoms. The Morgan fingerprint density at radius 1 is 0.900 bits per heavy atom. The number of rotatable bonds is 9. The molecule has 0 aromatic heterocycles. The van der Waals surface area contributed by atoms with Gasteiger partial charge >= 0.3 is 11.9 Å². The molecule has 0 amide bonds. The predicted octanol–water partition coefficient (Wildman–Crippen LogP) is 7.13. The SMILES string of the molecule is C=C(C)C1CCC2(NCCN3CCS(=O)(=O)CC3)CCC3(C)C(CCC4C5(C)CCC(OC(=O)C(C)(C)CC(=O)O)C(C)(C)C5CCC43C)C12. The fourth-order valence-corrected chi connectivity index (χ4v) is 15.1. The van der Waals surface area contributed by atoms with Crippen molar-refractivity contribution in [3.05, 3.63) is 12.2 Å². The molecule has 1 aliphatic heterocycles. The molecule has 0 bridgehead atoms. The Hall–Kier alpha value is -1.45. The summed E-state index contributed by atoms with van der Waals surface area (Å²) in [7, 11) is -2.87. The monoisotopic (exact) mass is 716 g/mol. The second-order valence-corrected chi connectivity index (χ2v) is 22.3. The summed E-state index contributed by atoms with van der Waals surface area (Å²) >= 11 is 0. The molecule has 10 atom stereocenters. The molecule has 5 saturated carbocycles. The van der Waals surface area contributed by atoms with Crippen LogP contribution in [-0.4, -0.2) is 79.7 Å². The van der Waals surface area contributed by atoms with Crippen molar-refractivity contribution in [2.75, 3.05) is 37.7 Å². The van der Waals surface area contributed by atoms with E-state index in [9.17, 15) is 23.1 Å². The average Bonchev–Trinajstić information content (AvgIpc) is 3.39. The normalized spacial score (nSPS) is 43.8. The topological polar surface area (TPSA) is 113 Å². The molecule has 6 aliphatic rings. The molecular weight excluding hydrogens is 649 g/mol. The Kier molecular flexibility index (Phi) is 9.84. The van der Waals surface area contributed by atoms with Gasteiger partial charge in [-0.2, -0.15) is 0 Å². The summed E-state index contributed by atoms with van der Waals surface area (Å²) in [6.07, 6.45) is 11.1. The summed E-state index contributed by atoms with van der Waals surface area (Å²) in [6, 6.07) is 0. The fourth-order valence-electron chi connectivity index (χ4n) is 13.8. The van der Waals surface area contributed by atoms with Crippen LogP contribution in [-0.2, 0) is 24.2 Å². The molecule has 0 aromatic rings. The molecule has 6 rings (SSSR count).